The van der Waals surface area contributed by atoms with E-state index in [1.54, 1.807) is 6.20 Å². The highest BCUT2D eigenvalue weighted by atomic mass is 15.2. The van der Waals surface area contributed by atoms with Gasteiger partial charge in [0.25, 0.3) is 0 Å². The molecule has 1 aromatic carbocycles. The number of hydrogen-bond acceptors (Lipinski definition) is 4. The Hall–Kier alpha value is -1.68. The largest absolute Gasteiger partial charge is 0.368 e. The highest BCUT2D eigenvalue weighted by molar-refractivity contribution is 5.90. The molecule has 1 heterocycles. The zero-order valence-electron chi connectivity index (χ0n) is 10.4. The average Bonchev–Trinajstić information content (AvgIpc) is 3.23. The smallest absolute Gasteiger partial charge is 0.156 e. The standard InChI is InChI=1S/C14H18N4/c1-2-5-13-11(4-1)10-17-18-14(13)16-9-3-8-15-12-6-7-12/h1-2,4-5,10,12,15H,3,6-9H2,(H,16,18). The van der Waals surface area contributed by atoms with Gasteiger partial charge in [0.1, 0.15) is 0 Å². The quantitative estimate of drug-likeness (QED) is 0.762. The van der Waals surface area contributed by atoms with Crippen LogP contribution in [0.5, 0.6) is 0 Å². The second kappa shape index (κ2) is 5.31. The normalized spacial score (nSPS) is 14.9. The summed E-state index contributed by atoms with van der Waals surface area (Å²) in [5, 5.41) is 17.3. The fraction of sp³-hybridized carbons (Fsp3) is 0.429. The van der Waals surface area contributed by atoms with E-state index in [1.807, 2.05) is 12.1 Å². The molecule has 1 saturated carbocycles. The van der Waals surface area contributed by atoms with Crippen molar-refractivity contribution < 1.29 is 0 Å². The van der Waals surface area contributed by atoms with Crippen LogP contribution in [0, 0.1) is 0 Å². The summed E-state index contributed by atoms with van der Waals surface area (Å²) in [6.07, 6.45) is 5.61. The Balaban J connectivity index is 1.56. The highest BCUT2D eigenvalue weighted by Gasteiger charge is 2.19. The molecule has 2 N–H and O–H groups in total. The molecule has 0 radical (unpaired) electrons. The van der Waals surface area contributed by atoms with Gasteiger partial charge < -0.3 is 10.6 Å². The minimum Gasteiger partial charge on any atom is -0.368 e. The summed E-state index contributed by atoms with van der Waals surface area (Å²) >= 11 is 0. The third-order valence-electron chi connectivity index (χ3n) is 3.23. The number of rotatable bonds is 6. The molecule has 1 fully saturated rings. The molecule has 1 aliphatic rings. The molecule has 1 aliphatic carbocycles. The number of nitrogens with zero attached hydrogens (tertiary/aromatic N) is 2. The SMILES string of the molecule is c1ccc2c(NCCCNC3CC3)nncc2c1. The van der Waals surface area contributed by atoms with Gasteiger partial charge in [-0.1, -0.05) is 24.3 Å². The minimum atomic E-state index is 0.794. The first-order valence-electron chi connectivity index (χ1n) is 6.61. The van der Waals surface area contributed by atoms with E-state index in [0.29, 0.717) is 0 Å². The molecule has 0 aliphatic heterocycles. The van der Waals surface area contributed by atoms with E-state index in [-0.39, 0.29) is 0 Å². The molecule has 1 aromatic heterocycles. The third kappa shape index (κ3) is 2.76. The summed E-state index contributed by atoms with van der Waals surface area (Å²) in [7, 11) is 0. The molecule has 18 heavy (non-hydrogen) atoms. The van der Waals surface area contributed by atoms with Gasteiger partial charge in [0, 0.05) is 23.4 Å². The van der Waals surface area contributed by atoms with Gasteiger partial charge in [-0.25, -0.2) is 0 Å². The number of anilines is 1. The van der Waals surface area contributed by atoms with E-state index in [1.165, 1.54) is 12.8 Å². The molecule has 0 unspecified atom stereocenters. The summed E-state index contributed by atoms with van der Waals surface area (Å²) < 4.78 is 0. The second-order valence-electron chi connectivity index (χ2n) is 4.79. The van der Waals surface area contributed by atoms with Gasteiger partial charge in [0.15, 0.2) is 5.82 Å². The minimum absolute atomic E-state index is 0.794. The Labute approximate surface area is 107 Å². The van der Waals surface area contributed by atoms with Gasteiger partial charge in [0.05, 0.1) is 6.20 Å². The van der Waals surface area contributed by atoms with Crippen LogP contribution in [0.2, 0.25) is 0 Å². The molecule has 3 rings (SSSR count). The molecular weight excluding hydrogens is 224 g/mol. The van der Waals surface area contributed by atoms with Crippen molar-refractivity contribution in [3.8, 4) is 0 Å². The molecular formula is C14H18N4. The third-order valence-corrected chi connectivity index (χ3v) is 3.23. The predicted octanol–water partition coefficient (Wildman–Crippen LogP) is 2.18. The number of benzene rings is 1. The Bertz CT molecular complexity index is 517. The van der Waals surface area contributed by atoms with Crippen molar-refractivity contribution in [1.82, 2.24) is 15.5 Å². The van der Waals surface area contributed by atoms with Crippen molar-refractivity contribution in [1.29, 1.82) is 0 Å². The van der Waals surface area contributed by atoms with Crippen molar-refractivity contribution in [2.24, 2.45) is 0 Å². The van der Waals surface area contributed by atoms with Crippen LogP contribution in [0.1, 0.15) is 19.3 Å². The predicted molar refractivity (Wildman–Crippen MR) is 73.7 cm³/mol. The van der Waals surface area contributed by atoms with Gasteiger partial charge in [0.2, 0.25) is 0 Å². The molecule has 4 nitrogen and oxygen atoms in total. The van der Waals surface area contributed by atoms with Crippen LogP contribution >= 0.6 is 0 Å². The number of fused-ring (bicyclic) bond motifs is 1. The van der Waals surface area contributed by atoms with E-state index in [0.717, 1.165) is 42.1 Å². The Morgan fingerprint density at radius 2 is 2.06 bits per heavy atom. The van der Waals surface area contributed by atoms with Crippen LogP contribution in [-0.2, 0) is 0 Å². The lowest BCUT2D eigenvalue weighted by Gasteiger charge is -2.08. The summed E-state index contributed by atoms with van der Waals surface area (Å²) in [6.45, 7) is 2.01. The van der Waals surface area contributed by atoms with Gasteiger partial charge in [-0.2, -0.15) is 5.10 Å². The monoisotopic (exact) mass is 242 g/mol. The van der Waals surface area contributed by atoms with Crippen LogP contribution in [0.15, 0.2) is 30.5 Å². The molecule has 0 atom stereocenters. The first-order chi connectivity index (χ1) is 8.93. The van der Waals surface area contributed by atoms with Crippen molar-refractivity contribution in [3.63, 3.8) is 0 Å². The van der Waals surface area contributed by atoms with Crippen LogP contribution in [-0.4, -0.2) is 29.3 Å². The van der Waals surface area contributed by atoms with Crippen LogP contribution in [0.25, 0.3) is 10.8 Å². The molecule has 94 valence electrons. The molecule has 4 heteroatoms. The number of hydrogen-bond donors (Lipinski definition) is 2. The van der Waals surface area contributed by atoms with Crippen LogP contribution < -0.4 is 10.6 Å². The van der Waals surface area contributed by atoms with Gasteiger partial charge >= 0.3 is 0 Å². The fourth-order valence-corrected chi connectivity index (χ4v) is 2.05. The lowest BCUT2D eigenvalue weighted by atomic mass is 10.2. The van der Waals surface area contributed by atoms with Gasteiger partial charge in [-0.05, 0) is 25.8 Å². The van der Waals surface area contributed by atoms with E-state index in [4.69, 9.17) is 0 Å². The van der Waals surface area contributed by atoms with E-state index in [9.17, 15) is 0 Å². The first-order valence-corrected chi connectivity index (χ1v) is 6.61. The molecule has 0 spiro atoms. The summed E-state index contributed by atoms with van der Waals surface area (Å²) in [5.74, 6) is 0.888. The van der Waals surface area contributed by atoms with E-state index >= 15 is 0 Å². The maximum Gasteiger partial charge on any atom is 0.156 e. The number of aromatic nitrogens is 2. The Kier molecular flexibility index (Phi) is 3.37. The second-order valence-corrected chi connectivity index (χ2v) is 4.79. The topological polar surface area (TPSA) is 49.8 Å². The zero-order chi connectivity index (χ0) is 12.2. The molecule has 0 bridgehead atoms. The van der Waals surface area contributed by atoms with Gasteiger partial charge in [-0.15, -0.1) is 5.10 Å². The highest BCUT2D eigenvalue weighted by Crippen LogP contribution is 2.19. The van der Waals surface area contributed by atoms with E-state index in [2.05, 4.69) is 33.0 Å². The Morgan fingerprint density at radius 1 is 1.17 bits per heavy atom. The molecule has 0 saturated heterocycles. The van der Waals surface area contributed by atoms with Crippen molar-refractivity contribution in [2.45, 2.75) is 25.3 Å². The Morgan fingerprint density at radius 3 is 2.94 bits per heavy atom. The number of nitrogens with one attached hydrogen (secondary N) is 2. The summed E-state index contributed by atoms with van der Waals surface area (Å²) in [6, 6.07) is 8.98. The lowest BCUT2D eigenvalue weighted by Crippen LogP contribution is -2.20. The van der Waals surface area contributed by atoms with Crippen LogP contribution in [0.3, 0.4) is 0 Å². The summed E-state index contributed by atoms with van der Waals surface area (Å²) in [4.78, 5) is 0. The van der Waals surface area contributed by atoms with E-state index < -0.39 is 0 Å². The zero-order valence-corrected chi connectivity index (χ0v) is 10.4. The van der Waals surface area contributed by atoms with Crippen LogP contribution in [0.4, 0.5) is 5.82 Å². The maximum absolute atomic E-state index is 4.17. The summed E-state index contributed by atoms with van der Waals surface area (Å²) in [5.41, 5.74) is 0. The lowest BCUT2D eigenvalue weighted by molar-refractivity contribution is 0.658. The fourth-order valence-electron chi connectivity index (χ4n) is 2.05. The first kappa shape index (κ1) is 11.4. The van der Waals surface area contributed by atoms with Crippen molar-refractivity contribution in [3.05, 3.63) is 30.5 Å². The van der Waals surface area contributed by atoms with Gasteiger partial charge in [-0.3, -0.25) is 0 Å². The average molecular weight is 242 g/mol. The van der Waals surface area contributed by atoms with Crippen molar-refractivity contribution >= 4 is 16.6 Å². The van der Waals surface area contributed by atoms with Crippen molar-refractivity contribution in [2.75, 3.05) is 18.4 Å². The molecule has 0 amide bonds. The maximum atomic E-state index is 4.17. The molecule has 2 aromatic rings.